The van der Waals surface area contributed by atoms with Crippen LogP contribution in [0.5, 0.6) is 0 Å². The van der Waals surface area contributed by atoms with E-state index in [0.29, 0.717) is 5.56 Å². The molecule has 0 atom stereocenters. The predicted octanol–water partition coefficient (Wildman–Crippen LogP) is 4.89. The molecule has 1 aliphatic carbocycles. The van der Waals surface area contributed by atoms with Crippen LogP contribution >= 0.6 is 0 Å². The van der Waals surface area contributed by atoms with Crippen LogP contribution in [0.1, 0.15) is 36.5 Å². The SMILES string of the molecule is CC=N.N#Cc1ccc(-c2nc3ccc(N)cc3c3c2CCCC3)cc1. The summed E-state index contributed by atoms with van der Waals surface area (Å²) in [5, 5.41) is 16.3. The Kier molecular flexibility index (Phi) is 5.28. The number of nitrogens with one attached hydrogen (secondary N) is 1. The van der Waals surface area contributed by atoms with Crippen molar-refractivity contribution in [1.29, 1.82) is 10.7 Å². The van der Waals surface area contributed by atoms with Gasteiger partial charge in [-0.25, -0.2) is 4.98 Å². The average molecular weight is 342 g/mol. The number of nitrogens with two attached hydrogens (primary N) is 1. The summed E-state index contributed by atoms with van der Waals surface area (Å²) in [5.74, 6) is 0. The van der Waals surface area contributed by atoms with Crippen LogP contribution in [-0.4, -0.2) is 11.2 Å². The Hall–Kier alpha value is -3.19. The second kappa shape index (κ2) is 7.79. The topological polar surface area (TPSA) is 86.5 Å². The lowest BCUT2D eigenvalue weighted by Gasteiger charge is -2.21. The van der Waals surface area contributed by atoms with Gasteiger partial charge in [-0.15, -0.1) is 0 Å². The zero-order valence-corrected chi connectivity index (χ0v) is 14.9. The zero-order valence-electron chi connectivity index (χ0n) is 14.9. The average Bonchev–Trinajstić information content (AvgIpc) is 2.68. The van der Waals surface area contributed by atoms with Gasteiger partial charge in [0.2, 0.25) is 0 Å². The Morgan fingerprint density at radius 2 is 1.73 bits per heavy atom. The molecule has 2 aromatic carbocycles. The normalized spacial score (nSPS) is 12.5. The third kappa shape index (κ3) is 3.43. The highest BCUT2D eigenvalue weighted by molar-refractivity contribution is 5.89. The number of anilines is 1. The van der Waals surface area contributed by atoms with Crippen LogP contribution in [0, 0.1) is 16.7 Å². The van der Waals surface area contributed by atoms with Crippen LogP contribution < -0.4 is 5.73 Å². The van der Waals surface area contributed by atoms with E-state index in [1.165, 1.54) is 35.6 Å². The third-order valence-electron chi connectivity index (χ3n) is 4.62. The molecule has 3 aromatic rings. The van der Waals surface area contributed by atoms with E-state index in [1.807, 2.05) is 36.4 Å². The van der Waals surface area contributed by atoms with Gasteiger partial charge in [0.25, 0.3) is 0 Å². The van der Waals surface area contributed by atoms with E-state index in [9.17, 15) is 0 Å². The molecule has 4 nitrogen and oxygen atoms in total. The summed E-state index contributed by atoms with van der Waals surface area (Å²) in [6.45, 7) is 1.67. The van der Waals surface area contributed by atoms with Crippen molar-refractivity contribution in [3.63, 3.8) is 0 Å². The highest BCUT2D eigenvalue weighted by atomic mass is 14.7. The van der Waals surface area contributed by atoms with E-state index >= 15 is 0 Å². The second-order valence-corrected chi connectivity index (χ2v) is 6.38. The number of nitrogen functional groups attached to an aromatic ring is 1. The first-order chi connectivity index (χ1) is 12.7. The first-order valence-corrected chi connectivity index (χ1v) is 8.84. The number of nitriles is 1. The summed E-state index contributed by atoms with van der Waals surface area (Å²) in [4.78, 5) is 4.92. The highest BCUT2D eigenvalue weighted by Crippen LogP contribution is 2.35. The minimum atomic E-state index is 0.677. The van der Waals surface area contributed by atoms with Crippen LogP contribution in [-0.2, 0) is 12.8 Å². The number of benzene rings is 2. The van der Waals surface area contributed by atoms with Gasteiger partial charge in [-0.05, 0) is 80.3 Å². The molecule has 0 saturated carbocycles. The fourth-order valence-corrected chi connectivity index (χ4v) is 3.49. The Bertz CT molecular complexity index is 982. The van der Waals surface area contributed by atoms with E-state index in [-0.39, 0.29) is 0 Å². The first kappa shape index (κ1) is 17.6. The maximum atomic E-state index is 8.98. The molecule has 1 aliphatic rings. The van der Waals surface area contributed by atoms with Crippen LogP contribution in [0.25, 0.3) is 22.2 Å². The largest absolute Gasteiger partial charge is 0.399 e. The van der Waals surface area contributed by atoms with E-state index in [4.69, 9.17) is 21.4 Å². The molecule has 0 amide bonds. The van der Waals surface area contributed by atoms with E-state index < -0.39 is 0 Å². The number of aryl methyl sites for hydroxylation is 1. The Morgan fingerprint density at radius 1 is 1.08 bits per heavy atom. The molecule has 0 unspecified atom stereocenters. The minimum absolute atomic E-state index is 0.677. The van der Waals surface area contributed by atoms with Crippen molar-refractivity contribution in [2.24, 2.45) is 0 Å². The van der Waals surface area contributed by atoms with E-state index in [1.54, 1.807) is 6.92 Å². The molecule has 0 spiro atoms. The van der Waals surface area contributed by atoms with Crippen molar-refractivity contribution in [2.75, 3.05) is 5.73 Å². The fraction of sp³-hybridized carbons (Fsp3) is 0.227. The molecule has 0 bridgehead atoms. The lowest BCUT2D eigenvalue weighted by molar-refractivity contribution is 0.689. The molecule has 4 heteroatoms. The minimum Gasteiger partial charge on any atom is -0.399 e. The summed E-state index contributed by atoms with van der Waals surface area (Å²) in [6.07, 6.45) is 5.81. The quantitative estimate of drug-likeness (QED) is 0.487. The van der Waals surface area contributed by atoms with Gasteiger partial charge >= 0.3 is 0 Å². The summed E-state index contributed by atoms with van der Waals surface area (Å²) >= 11 is 0. The fourth-order valence-electron chi connectivity index (χ4n) is 3.49. The maximum absolute atomic E-state index is 8.98. The lowest BCUT2D eigenvalue weighted by Crippen LogP contribution is -2.08. The van der Waals surface area contributed by atoms with Gasteiger partial charge in [-0.3, -0.25) is 0 Å². The third-order valence-corrected chi connectivity index (χ3v) is 4.62. The number of hydrogen-bond donors (Lipinski definition) is 2. The van der Waals surface area contributed by atoms with E-state index in [0.717, 1.165) is 35.3 Å². The first-order valence-electron chi connectivity index (χ1n) is 8.84. The zero-order chi connectivity index (χ0) is 18.5. The molecule has 3 N–H and O–H groups in total. The molecule has 0 aliphatic heterocycles. The monoisotopic (exact) mass is 342 g/mol. The van der Waals surface area contributed by atoms with Gasteiger partial charge in [0.15, 0.2) is 0 Å². The highest BCUT2D eigenvalue weighted by Gasteiger charge is 2.19. The molecular formula is C22H22N4. The number of hydrogen-bond acceptors (Lipinski definition) is 4. The second-order valence-electron chi connectivity index (χ2n) is 6.38. The van der Waals surface area contributed by atoms with Gasteiger partial charge in [-0.1, -0.05) is 12.1 Å². The van der Waals surface area contributed by atoms with Crippen molar-refractivity contribution in [3.8, 4) is 17.3 Å². The predicted molar refractivity (Wildman–Crippen MR) is 107 cm³/mol. The van der Waals surface area contributed by atoms with Crippen molar-refractivity contribution >= 4 is 22.8 Å². The summed E-state index contributed by atoms with van der Waals surface area (Å²) in [6, 6.07) is 15.9. The molecule has 0 radical (unpaired) electrons. The van der Waals surface area contributed by atoms with Crippen LogP contribution in [0.15, 0.2) is 42.5 Å². The summed E-state index contributed by atoms with van der Waals surface area (Å²) in [7, 11) is 0. The number of aromatic nitrogens is 1. The molecule has 0 fully saturated rings. The van der Waals surface area contributed by atoms with Gasteiger partial charge in [0, 0.05) is 16.6 Å². The molecule has 4 rings (SSSR count). The number of nitrogens with zero attached hydrogens (tertiary/aromatic N) is 2. The van der Waals surface area contributed by atoms with Gasteiger partial charge in [-0.2, -0.15) is 5.26 Å². The summed E-state index contributed by atoms with van der Waals surface area (Å²) in [5.41, 5.74) is 13.3. The van der Waals surface area contributed by atoms with Crippen molar-refractivity contribution in [3.05, 3.63) is 59.2 Å². The van der Waals surface area contributed by atoms with Gasteiger partial charge < -0.3 is 11.1 Å². The Labute approximate surface area is 153 Å². The maximum Gasteiger partial charge on any atom is 0.0991 e. The molecular weight excluding hydrogens is 320 g/mol. The Balaban J connectivity index is 0.000000613. The lowest BCUT2D eigenvalue weighted by atomic mass is 9.86. The van der Waals surface area contributed by atoms with Crippen molar-refractivity contribution in [2.45, 2.75) is 32.6 Å². The van der Waals surface area contributed by atoms with Crippen LogP contribution in [0.3, 0.4) is 0 Å². The summed E-state index contributed by atoms with van der Waals surface area (Å²) < 4.78 is 0. The van der Waals surface area contributed by atoms with Crippen LogP contribution in [0.2, 0.25) is 0 Å². The molecule has 26 heavy (non-hydrogen) atoms. The van der Waals surface area contributed by atoms with Crippen LogP contribution in [0.4, 0.5) is 5.69 Å². The Morgan fingerprint density at radius 3 is 2.38 bits per heavy atom. The number of fused-ring (bicyclic) bond motifs is 3. The molecule has 1 heterocycles. The van der Waals surface area contributed by atoms with E-state index in [2.05, 4.69) is 12.1 Å². The number of rotatable bonds is 1. The standard InChI is InChI=1S/C20H17N3.C2H5N/c21-12-13-5-7-14(8-6-13)20-17-4-2-1-3-16(17)18-11-15(22)9-10-19(18)23-20;1-2-3/h5-11H,1-4,22H2;2-3H,1H3. The molecule has 130 valence electrons. The van der Waals surface area contributed by atoms with Crippen molar-refractivity contribution < 1.29 is 0 Å². The molecule has 0 saturated heterocycles. The van der Waals surface area contributed by atoms with Gasteiger partial charge in [0.05, 0.1) is 22.8 Å². The van der Waals surface area contributed by atoms with Crippen molar-refractivity contribution in [1.82, 2.24) is 4.98 Å². The number of pyridine rings is 1. The van der Waals surface area contributed by atoms with Gasteiger partial charge in [0.1, 0.15) is 0 Å². The smallest absolute Gasteiger partial charge is 0.0991 e. The molecule has 1 aromatic heterocycles.